The van der Waals surface area contributed by atoms with Crippen molar-refractivity contribution in [1.29, 1.82) is 0 Å². The molecule has 7 nitrogen and oxygen atoms in total. The summed E-state index contributed by atoms with van der Waals surface area (Å²) < 4.78 is 0. The second-order valence-corrected chi connectivity index (χ2v) is 5.60. The molecule has 1 aliphatic carbocycles. The van der Waals surface area contributed by atoms with Crippen LogP contribution in [0.1, 0.15) is 25.7 Å². The van der Waals surface area contributed by atoms with Gasteiger partial charge in [-0.3, -0.25) is 0 Å². The topological polar surface area (TPSA) is 86.3 Å². The van der Waals surface area contributed by atoms with Gasteiger partial charge in [0.15, 0.2) is 5.82 Å². The van der Waals surface area contributed by atoms with Gasteiger partial charge in [0.2, 0.25) is 5.95 Å². The number of nitrogens with one attached hydrogen (secondary N) is 4. The zero-order valence-electron chi connectivity index (χ0n) is 12.4. The number of nitrogens with zero attached hydrogens (tertiary/aromatic N) is 3. The molecule has 1 saturated heterocycles. The fraction of sp³-hybridized carbons (Fsp3) is 0.643. The van der Waals surface area contributed by atoms with E-state index >= 15 is 0 Å². The van der Waals surface area contributed by atoms with Gasteiger partial charge < -0.3 is 16.1 Å². The van der Waals surface area contributed by atoms with Crippen LogP contribution in [0.3, 0.4) is 0 Å². The molecular formula is C14H23N7. The molecule has 114 valence electrons. The lowest BCUT2D eigenvalue weighted by atomic mass is 10.1. The Bertz CT molecular complexity index is 498. The quantitative estimate of drug-likeness (QED) is 0.556. The number of aromatic nitrogens is 2. The van der Waals surface area contributed by atoms with Crippen molar-refractivity contribution >= 4 is 17.6 Å². The van der Waals surface area contributed by atoms with Gasteiger partial charge in [-0.1, -0.05) is 0 Å². The third kappa shape index (κ3) is 4.12. The summed E-state index contributed by atoms with van der Waals surface area (Å²) in [6, 6.07) is 2.36. The molecule has 1 aliphatic heterocycles. The first-order valence-electron chi connectivity index (χ1n) is 7.66. The van der Waals surface area contributed by atoms with Crippen LogP contribution < -0.4 is 21.5 Å². The summed E-state index contributed by atoms with van der Waals surface area (Å²) in [7, 11) is 1.95. The smallest absolute Gasteiger partial charge is 0.224 e. The Morgan fingerprint density at radius 3 is 3.10 bits per heavy atom. The summed E-state index contributed by atoms with van der Waals surface area (Å²) in [6.45, 7) is 1.83. The lowest BCUT2D eigenvalue weighted by Gasteiger charge is -2.04. The third-order valence-corrected chi connectivity index (χ3v) is 3.78. The average molecular weight is 289 g/mol. The number of hydrogen-bond acceptors (Lipinski definition) is 6. The Morgan fingerprint density at radius 1 is 1.38 bits per heavy atom. The number of hydrogen-bond donors (Lipinski definition) is 4. The van der Waals surface area contributed by atoms with E-state index in [0.29, 0.717) is 17.8 Å². The molecule has 4 N–H and O–H groups in total. The molecule has 0 aromatic carbocycles. The van der Waals surface area contributed by atoms with Gasteiger partial charge in [-0.25, -0.2) is 15.4 Å². The lowest BCUT2D eigenvalue weighted by molar-refractivity contribution is 0.504. The number of anilines is 1. The monoisotopic (exact) mass is 289 g/mol. The molecule has 21 heavy (non-hydrogen) atoms. The Balaban J connectivity index is 1.55. The molecule has 2 heterocycles. The van der Waals surface area contributed by atoms with E-state index in [2.05, 4.69) is 36.4 Å². The maximum atomic E-state index is 4.56. The van der Waals surface area contributed by atoms with Crippen LogP contribution in [0.25, 0.3) is 0 Å². The third-order valence-electron chi connectivity index (χ3n) is 3.78. The van der Waals surface area contributed by atoms with Crippen LogP contribution in [0, 0.1) is 5.92 Å². The van der Waals surface area contributed by atoms with E-state index in [4.69, 9.17) is 0 Å². The van der Waals surface area contributed by atoms with E-state index in [1.807, 2.05) is 13.1 Å². The first-order valence-corrected chi connectivity index (χ1v) is 7.66. The van der Waals surface area contributed by atoms with Crippen LogP contribution >= 0.6 is 0 Å². The van der Waals surface area contributed by atoms with Crippen LogP contribution in [0.15, 0.2) is 17.3 Å². The zero-order valence-corrected chi connectivity index (χ0v) is 12.4. The van der Waals surface area contributed by atoms with Gasteiger partial charge in [0.1, 0.15) is 5.84 Å². The van der Waals surface area contributed by atoms with Crippen molar-refractivity contribution in [3.63, 3.8) is 0 Å². The molecular weight excluding hydrogens is 266 g/mol. The van der Waals surface area contributed by atoms with Crippen LogP contribution in [0.4, 0.5) is 11.8 Å². The summed E-state index contributed by atoms with van der Waals surface area (Å²) in [5, 5.41) is 6.33. The molecule has 1 aromatic rings. The van der Waals surface area contributed by atoms with Crippen molar-refractivity contribution in [3.05, 3.63) is 12.3 Å². The zero-order chi connectivity index (χ0) is 14.5. The first kappa shape index (κ1) is 14.2. The Labute approximate surface area is 125 Å². The predicted octanol–water partition coefficient (Wildman–Crippen LogP) is 0.804. The molecule has 1 aromatic heterocycles. The Kier molecular flexibility index (Phi) is 4.62. The highest BCUT2D eigenvalue weighted by Crippen LogP contribution is 2.35. The molecule has 1 atom stereocenters. The molecule has 1 saturated carbocycles. The van der Waals surface area contributed by atoms with Crippen molar-refractivity contribution in [1.82, 2.24) is 26.1 Å². The van der Waals surface area contributed by atoms with Crippen molar-refractivity contribution in [2.75, 3.05) is 25.5 Å². The minimum atomic E-state index is 0.532. The average Bonchev–Trinajstić information content (AvgIpc) is 3.25. The van der Waals surface area contributed by atoms with E-state index in [-0.39, 0.29) is 0 Å². The standard InChI is InChI=1S/C14H23N7/c1-15-6-2-7-16-14-17-8-5-12(19-14)18-13-9-11(20-21-13)10-3-4-10/h5,8,10-11,15,20H,2-4,6-7,9H2,1H3,(H2,16,17,18,19,21). The fourth-order valence-corrected chi connectivity index (χ4v) is 2.44. The Morgan fingerprint density at radius 2 is 2.29 bits per heavy atom. The van der Waals surface area contributed by atoms with E-state index in [1.165, 1.54) is 12.8 Å². The summed E-state index contributed by atoms with van der Waals surface area (Å²) in [6.07, 6.45) is 6.40. The van der Waals surface area contributed by atoms with E-state index in [1.54, 1.807) is 6.20 Å². The maximum Gasteiger partial charge on any atom is 0.224 e. The molecule has 3 rings (SSSR count). The molecule has 0 spiro atoms. The lowest BCUT2D eigenvalue weighted by Crippen LogP contribution is -2.32. The number of aliphatic imine (C=N–C) groups is 1. The highest BCUT2D eigenvalue weighted by atomic mass is 15.4. The maximum absolute atomic E-state index is 4.56. The molecule has 0 radical (unpaired) electrons. The summed E-state index contributed by atoms with van der Waals surface area (Å²) in [5.74, 6) is 3.12. The molecule has 2 aliphatic rings. The highest BCUT2D eigenvalue weighted by Gasteiger charge is 2.35. The largest absolute Gasteiger partial charge is 0.354 e. The summed E-state index contributed by atoms with van der Waals surface area (Å²) >= 11 is 0. The Hall–Kier alpha value is -1.73. The molecule has 0 amide bonds. The van der Waals surface area contributed by atoms with Crippen molar-refractivity contribution in [2.24, 2.45) is 10.9 Å². The van der Waals surface area contributed by atoms with Gasteiger partial charge in [-0.15, -0.1) is 0 Å². The number of rotatable bonds is 7. The number of amidine groups is 1. The van der Waals surface area contributed by atoms with Crippen molar-refractivity contribution in [3.8, 4) is 0 Å². The van der Waals surface area contributed by atoms with E-state index < -0.39 is 0 Å². The number of hydrazine groups is 1. The minimum Gasteiger partial charge on any atom is -0.354 e. The van der Waals surface area contributed by atoms with Gasteiger partial charge >= 0.3 is 0 Å². The molecule has 2 fully saturated rings. The van der Waals surface area contributed by atoms with Crippen LogP contribution in [-0.4, -0.2) is 42.0 Å². The summed E-state index contributed by atoms with van der Waals surface area (Å²) in [4.78, 5) is 13.2. The van der Waals surface area contributed by atoms with Gasteiger partial charge in [0.05, 0.1) is 0 Å². The first-order chi connectivity index (χ1) is 10.3. The fourth-order valence-electron chi connectivity index (χ4n) is 2.44. The van der Waals surface area contributed by atoms with Crippen LogP contribution in [-0.2, 0) is 0 Å². The van der Waals surface area contributed by atoms with Gasteiger partial charge in [-0.05, 0) is 38.8 Å². The second kappa shape index (κ2) is 6.82. The van der Waals surface area contributed by atoms with Crippen LogP contribution in [0.2, 0.25) is 0 Å². The normalized spacial score (nSPS) is 23.3. The van der Waals surface area contributed by atoms with E-state index in [0.717, 1.165) is 37.7 Å². The van der Waals surface area contributed by atoms with Gasteiger partial charge in [-0.2, -0.15) is 4.98 Å². The predicted molar refractivity (Wildman–Crippen MR) is 83.6 cm³/mol. The van der Waals surface area contributed by atoms with Gasteiger partial charge in [0, 0.05) is 31.3 Å². The minimum absolute atomic E-state index is 0.532. The summed E-state index contributed by atoms with van der Waals surface area (Å²) in [5.41, 5.74) is 6.47. The van der Waals surface area contributed by atoms with Crippen LogP contribution in [0.5, 0.6) is 0 Å². The molecule has 0 bridgehead atoms. The second-order valence-electron chi connectivity index (χ2n) is 5.60. The van der Waals surface area contributed by atoms with E-state index in [9.17, 15) is 0 Å². The highest BCUT2D eigenvalue weighted by molar-refractivity contribution is 5.86. The molecule has 1 unspecified atom stereocenters. The van der Waals surface area contributed by atoms with Crippen molar-refractivity contribution in [2.45, 2.75) is 31.7 Å². The molecule has 7 heteroatoms. The van der Waals surface area contributed by atoms with Gasteiger partial charge in [0.25, 0.3) is 0 Å². The van der Waals surface area contributed by atoms with Crippen molar-refractivity contribution < 1.29 is 0 Å². The SMILES string of the molecule is CNCCCNc1nccc(N=C2CC(C3CC3)NN2)n1.